The van der Waals surface area contributed by atoms with Crippen molar-refractivity contribution in [2.24, 2.45) is 0 Å². The Morgan fingerprint density at radius 2 is 1.96 bits per heavy atom. The Labute approximate surface area is 142 Å². The van der Waals surface area contributed by atoms with Crippen molar-refractivity contribution in [3.63, 3.8) is 0 Å². The van der Waals surface area contributed by atoms with Crippen LogP contribution in [0.2, 0.25) is 0 Å². The lowest BCUT2D eigenvalue weighted by Crippen LogP contribution is -2.27. The second-order valence-corrected chi connectivity index (χ2v) is 6.32. The number of aromatic nitrogens is 1. The minimum atomic E-state index is -0.256. The van der Waals surface area contributed by atoms with Gasteiger partial charge in [-0.05, 0) is 47.9 Å². The van der Waals surface area contributed by atoms with E-state index < -0.39 is 0 Å². The highest BCUT2D eigenvalue weighted by Gasteiger charge is 2.06. The van der Waals surface area contributed by atoms with Crippen molar-refractivity contribution in [3.05, 3.63) is 70.1 Å². The SMILES string of the molecule is O=C(Cc1ccc(Br)cc1)NCCc1c[nH]c2cc(F)ccc12. The van der Waals surface area contributed by atoms with Gasteiger partial charge in [0.2, 0.25) is 5.91 Å². The fraction of sp³-hybridized carbons (Fsp3) is 0.167. The van der Waals surface area contributed by atoms with Gasteiger partial charge in [0, 0.05) is 28.1 Å². The number of amides is 1. The molecule has 0 aliphatic carbocycles. The molecule has 0 bridgehead atoms. The first kappa shape index (κ1) is 15.7. The zero-order chi connectivity index (χ0) is 16.2. The van der Waals surface area contributed by atoms with Crippen LogP contribution in [0.25, 0.3) is 10.9 Å². The van der Waals surface area contributed by atoms with Gasteiger partial charge in [0.25, 0.3) is 0 Å². The first-order valence-corrected chi connectivity index (χ1v) is 8.18. The molecule has 0 fully saturated rings. The van der Waals surface area contributed by atoms with Crippen LogP contribution in [0.3, 0.4) is 0 Å². The van der Waals surface area contributed by atoms with Gasteiger partial charge in [-0.15, -0.1) is 0 Å². The average molecular weight is 375 g/mol. The van der Waals surface area contributed by atoms with Gasteiger partial charge in [-0.3, -0.25) is 4.79 Å². The Bertz CT molecular complexity index is 827. The van der Waals surface area contributed by atoms with Crippen LogP contribution in [0, 0.1) is 5.82 Å². The van der Waals surface area contributed by atoms with Crippen molar-refractivity contribution in [2.75, 3.05) is 6.54 Å². The Morgan fingerprint density at radius 1 is 1.17 bits per heavy atom. The van der Waals surface area contributed by atoms with Crippen LogP contribution in [-0.2, 0) is 17.6 Å². The summed E-state index contributed by atoms with van der Waals surface area (Å²) < 4.78 is 14.2. The zero-order valence-corrected chi connectivity index (χ0v) is 14.0. The normalized spacial score (nSPS) is 10.9. The van der Waals surface area contributed by atoms with E-state index in [1.807, 2.05) is 30.5 Å². The monoisotopic (exact) mass is 374 g/mol. The Morgan fingerprint density at radius 3 is 2.74 bits per heavy atom. The van der Waals surface area contributed by atoms with Crippen LogP contribution >= 0.6 is 15.9 Å². The van der Waals surface area contributed by atoms with Crippen LogP contribution in [0.15, 0.2) is 53.1 Å². The Balaban J connectivity index is 1.54. The number of fused-ring (bicyclic) bond motifs is 1. The van der Waals surface area contributed by atoms with Gasteiger partial charge < -0.3 is 10.3 Å². The summed E-state index contributed by atoms with van der Waals surface area (Å²) in [6, 6.07) is 12.4. The summed E-state index contributed by atoms with van der Waals surface area (Å²) in [7, 11) is 0. The minimum Gasteiger partial charge on any atom is -0.361 e. The summed E-state index contributed by atoms with van der Waals surface area (Å²) in [5.41, 5.74) is 2.83. The van der Waals surface area contributed by atoms with E-state index in [1.54, 1.807) is 6.07 Å². The predicted octanol–water partition coefficient (Wildman–Crippen LogP) is 3.97. The molecule has 0 radical (unpaired) electrons. The van der Waals surface area contributed by atoms with Crippen LogP contribution in [0.1, 0.15) is 11.1 Å². The molecule has 2 aromatic carbocycles. The molecule has 5 heteroatoms. The minimum absolute atomic E-state index is 0.00166. The number of carbonyl (C=O) groups is 1. The zero-order valence-electron chi connectivity index (χ0n) is 12.4. The molecular formula is C18H16BrFN2O. The summed E-state index contributed by atoms with van der Waals surface area (Å²) in [5.74, 6) is -0.257. The summed E-state index contributed by atoms with van der Waals surface area (Å²) in [5, 5.41) is 3.92. The molecule has 0 aliphatic rings. The van der Waals surface area contributed by atoms with E-state index in [0.717, 1.165) is 26.5 Å². The largest absolute Gasteiger partial charge is 0.361 e. The molecule has 23 heavy (non-hydrogen) atoms. The molecule has 0 aliphatic heterocycles. The van der Waals surface area contributed by atoms with E-state index in [0.29, 0.717) is 19.4 Å². The summed E-state index contributed by atoms with van der Waals surface area (Å²) in [6.07, 6.45) is 2.94. The lowest BCUT2D eigenvalue weighted by molar-refractivity contribution is -0.120. The van der Waals surface area contributed by atoms with E-state index in [9.17, 15) is 9.18 Å². The molecule has 3 nitrogen and oxygen atoms in total. The van der Waals surface area contributed by atoms with Crippen molar-refractivity contribution in [3.8, 4) is 0 Å². The first-order valence-electron chi connectivity index (χ1n) is 7.38. The fourth-order valence-corrected chi connectivity index (χ4v) is 2.82. The number of H-pyrrole nitrogens is 1. The maximum Gasteiger partial charge on any atom is 0.224 e. The van der Waals surface area contributed by atoms with E-state index in [4.69, 9.17) is 0 Å². The Kier molecular flexibility index (Phi) is 4.76. The van der Waals surface area contributed by atoms with Gasteiger partial charge in [-0.1, -0.05) is 28.1 Å². The number of halogens is 2. The molecule has 0 atom stereocenters. The van der Waals surface area contributed by atoms with Crippen LogP contribution in [0.4, 0.5) is 4.39 Å². The Hall–Kier alpha value is -2.14. The van der Waals surface area contributed by atoms with E-state index >= 15 is 0 Å². The second kappa shape index (κ2) is 6.96. The second-order valence-electron chi connectivity index (χ2n) is 5.41. The summed E-state index contributed by atoms with van der Waals surface area (Å²) in [4.78, 5) is 15.0. The molecule has 0 saturated carbocycles. The number of carbonyl (C=O) groups excluding carboxylic acids is 1. The molecule has 2 N–H and O–H groups in total. The lowest BCUT2D eigenvalue weighted by atomic mass is 10.1. The van der Waals surface area contributed by atoms with Crippen molar-refractivity contribution in [1.82, 2.24) is 10.3 Å². The third kappa shape index (κ3) is 3.99. The maximum absolute atomic E-state index is 13.2. The number of rotatable bonds is 5. The number of benzene rings is 2. The van der Waals surface area contributed by atoms with Gasteiger partial charge >= 0.3 is 0 Å². The lowest BCUT2D eigenvalue weighted by Gasteiger charge is -2.05. The predicted molar refractivity (Wildman–Crippen MR) is 92.8 cm³/mol. The van der Waals surface area contributed by atoms with Gasteiger partial charge in [0.15, 0.2) is 0 Å². The van der Waals surface area contributed by atoms with Crippen molar-refractivity contribution >= 4 is 32.7 Å². The molecule has 0 saturated heterocycles. The van der Waals surface area contributed by atoms with Crippen LogP contribution < -0.4 is 5.32 Å². The highest BCUT2D eigenvalue weighted by atomic mass is 79.9. The van der Waals surface area contributed by atoms with E-state index in [2.05, 4.69) is 26.2 Å². The van der Waals surface area contributed by atoms with Crippen molar-refractivity contribution in [1.29, 1.82) is 0 Å². The average Bonchev–Trinajstić information content (AvgIpc) is 2.92. The van der Waals surface area contributed by atoms with Gasteiger partial charge in [0.1, 0.15) is 5.82 Å². The number of hydrogen-bond acceptors (Lipinski definition) is 1. The standard InChI is InChI=1S/C18H16BrFN2O/c19-14-3-1-12(2-4-14)9-18(23)21-8-7-13-11-22-17-10-15(20)5-6-16(13)17/h1-6,10-11,22H,7-9H2,(H,21,23). The first-order chi connectivity index (χ1) is 11.1. The van der Waals surface area contributed by atoms with Crippen molar-refractivity contribution < 1.29 is 9.18 Å². The molecule has 1 heterocycles. The number of hydrogen-bond donors (Lipinski definition) is 2. The molecule has 3 rings (SSSR count). The van der Waals surface area contributed by atoms with Crippen LogP contribution in [-0.4, -0.2) is 17.4 Å². The molecular weight excluding hydrogens is 359 g/mol. The van der Waals surface area contributed by atoms with E-state index in [1.165, 1.54) is 12.1 Å². The number of nitrogens with one attached hydrogen (secondary N) is 2. The molecule has 1 amide bonds. The summed E-state index contributed by atoms with van der Waals surface area (Å²) >= 11 is 3.37. The number of aromatic amines is 1. The quantitative estimate of drug-likeness (QED) is 0.697. The molecule has 3 aromatic rings. The van der Waals surface area contributed by atoms with E-state index in [-0.39, 0.29) is 11.7 Å². The highest BCUT2D eigenvalue weighted by Crippen LogP contribution is 2.19. The highest BCUT2D eigenvalue weighted by molar-refractivity contribution is 9.10. The topological polar surface area (TPSA) is 44.9 Å². The third-order valence-corrected chi connectivity index (χ3v) is 4.25. The third-order valence-electron chi connectivity index (χ3n) is 3.72. The smallest absolute Gasteiger partial charge is 0.224 e. The van der Waals surface area contributed by atoms with Crippen LogP contribution in [0.5, 0.6) is 0 Å². The molecule has 0 spiro atoms. The van der Waals surface area contributed by atoms with Gasteiger partial charge in [0.05, 0.1) is 6.42 Å². The van der Waals surface area contributed by atoms with Crippen molar-refractivity contribution in [2.45, 2.75) is 12.8 Å². The fourth-order valence-electron chi connectivity index (χ4n) is 2.55. The molecule has 0 unspecified atom stereocenters. The molecule has 118 valence electrons. The van der Waals surface area contributed by atoms with Gasteiger partial charge in [-0.25, -0.2) is 4.39 Å². The maximum atomic E-state index is 13.2. The molecule has 1 aromatic heterocycles. The van der Waals surface area contributed by atoms with Gasteiger partial charge in [-0.2, -0.15) is 0 Å². The summed E-state index contributed by atoms with van der Waals surface area (Å²) in [6.45, 7) is 0.555.